The number of hydrogen-bond donors (Lipinski definition) is 2. The van der Waals surface area contributed by atoms with Crippen LogP contribution in [-0.4, -0.2) is 24.6 Å². The molecule has 11 heteroatoms. The van der Waals surface area contributed by atoms with Crippen molar-refractivity contribution in [3.63, 3.8) is 0 Å². The van der Waals surface area contributed by atoms with Crippen LogP contribution >= 0.6 is 0 Å². The van der Waals surface area contributed by atoms with Crippen LogP contribution in [0.25, 0.3) is 0 Å². The summed E-state index contributed by atoms with van der Waals surface area (Å²) in [5.41, 5.74) is -0.256. The number of alkyl halides is 3. The van der Waals surface area contributed by atoms with E-state index in [4.69, 9.17) is 4.74 Å². The largest absolute Gasteiger partial charge is 0.455 e. The van der Waals surface area contributed by atoms with Gasteiger partial charge in [-0.25, -0.2) is 9.19 Å². The summed E-state index contributed by atoms with van der Waals surface area (Å²) in [6, 6.07) is 8.10. The van der Waals surface area contributed by atoms with Gasteiger partial charge in [-0.05, 0) is 41.3 Å². The smallest absolute Gasteiger partial charge is 0.433 e. The first-order valence-electron chi connectivity index (χ1n) is 9.57. The number of anilines is 1. The number of carbonyl (C=O) groups excluding carboxylic acids is 1. The Morgan fingerprint density at radius 3 is 2.36 bits per heavy atom. The van der Waals surface area contributed by atoms with Gasteiger partial charge >= 0.3 is 6.18 Å². The molecule has 1 unspecified atom stereocenters. The van der Waals surface area contributed by atoms with Crippen LogP contribution < -0.4 is 10.1 Å². The normalized spacial score (nSPS) is 12.8. The van der Waals surface area contributed by atoms with Crippen molar-refractivity contribution in [2.24, 2.45) is 0 Å². The number of carbonyl (C=O) groups is 1. The maximum Gasteiger partial charge on any atom is 0.433 e. The Morgan fingerprint density at radius 2 is 1.79 bits per heavy atom. The first-order chi connectivity index (χ1) is 15.3. The molecule has 0 radical (unpaired) electrons. The fourth-order valence-electron chi connectivity index (χ4n) is 2.78. The van der Waals surface area contributed by atoms with E-state index in [9.17, 15) is 26.7 Å². The molecular formula is C22H20F3N3O4S. The SMILES string of the molecule is CC(C)(C)c1ccc(C(=O)Nc2cncc(S(=O)O)c2)c(Oc2ccc(C(F)(F)F)nc2)c1. The number of nitrogens with zero attached hydrogens (tertiary/aromatic N) is 2. The molecule has 0 aliphatic carbocycles. The Hall–Kier alpha value is -3.31. The molecule has 0 bridgehead atoms. The van der Waals surface area contributed by atoms with Crippen molar-refractivity contribution < 1.29 is 31.5 Å². The summed E-state index contributed by atoms with van der Waals surface area (Å²) in [6.45, 7) is 5.87. The number of amides is 1. The van der Waals surface area contributed by atoms with Crippen LogP contribution in [0.3, 0.4) is 0 Å². The second-order valence-electron chi connectivity index (χ2n) is 8.05. The summed E-state index contributed by atoms with van der Waals surface area (Å²) in [6.07, 6.45) is -1.16. The molecule has 1 aromatic carbocycles. The summed E-state index contributed by atoms with van der Waals surface area (Å²) >= 11 is -2.28. The van der Waals surface area contributed by atoms with E-state index in [1.165, 1.54) is 24.5 Å². The highest BCUT2D eigenvalue weighted by Crippen LogP contribution is 2.33. The second kappa shape index (κ2) is 9.28. The third kappa shape index (κ3) is 6.14. The first kappa shape index (κ1) is 24.3. The summed E-state index contributed by atoms with van der Waals surface area (Å²) in [5.74, 6) is -0.480. The predicted octanol–water partition coefficient (Wildman–Crippen LogP) is 5.42. The van der Waals surface area contributed by atoms with Gasteiger partial charge in [0.25, 0.3) is 5.91 Å². The Bertz CT molecular complexity index is 1190. The molecule has 3 aromatic rings. The van der Waals surface area contributed by atoms with E-state index in [1.807, 2.05) is 20.8 Å². The van der Waals surface area contributed by atoms with Crippen molar-refractivity contribution in [3.05, 3.63) is 71.8 Å². The number of hydrogen-bond acceptors (Lipinski definition) is 5. The summed E-state index contributed by atoms with van der Waals surface area (Å²) in [7, 11) is 0. The van der Waals surface area contributed by atoms with Crippen LogP contribution in [0.1, 0.15) is 42.4 Å². The van der Waals surface area contributed by atoms with E-state index in [2.05, 4.69) is 15.3 Å². The van der Waals surface area contributed by atoms with Gasteiger partial charge < -0.3 is 14.6 Å². The molecule has 0 aliphatic rings. The Morgan fingerprint density at radius 1 is 1.06 bits per heavy atom. The monoisotopic (exact) mass is 479 g/mol. The lowest BCUT2D eigenvalue weighted by molar-refractivity contribution is -0.141. The number of rotatable bonds is 5. The number of pyridine rings is 2. The Kier molecular flexibility index (Phi) is 6.84. The lowest BCUT2D eigenvalue weighted by atomic mass is 9.86. The standard InChI is InChI=1S/C22H20F3N3O4S/c1-21(2,3)13-4-6-17(20(29)28-14-9-16(33(30)31)12-26-10-14)18(8-13)32-15-5-7-19(27-11-15)22(23,24)25/h4-12H,1-3H3,(H,28,29)(H,30,31). The molecule has 0 saturated heterocycles. The number of halogens is 3. The number of benzene rings is 1. The van der Waals surface area contributed by atoms with Crippen molar-refractivity contribution in [2.75, 3.05) is 5.32 Å². The first-order valence-corrected chi connectivity index (χ1v) is 10.7. The van der Waals surface area contributed by atoms with Crippen LogP contribution in [-0.2, 0) is 22.7 Å². The molecule has 2 N–H and O–H groups in total. The highest BCUT2D eigenvalue weighted by atomic mass is 32.2. The molecule has 2 aromatic heterocycles. The minimum absolute atomic E-state index is 0.00295. The fraction of sp³-hybridized carbons (Fsp3) is 0.227. The van der Waals surface area contributed by atoms with Gasteiger partial charge in [0.1, 0.15) is 17.2 Å². The topological polar surface area (TPSA) is 101 Å². The van der Waals surface area contributed by atoms with Gasteiger partial charge in [0.05, 0.1) is 28.5 Å². The van der Waals surface area contributed by atoms with E-state index in [0.29, 0.717) is 0 Å². The number of nitrogens with one attached hydrogen (secondary N) is 1. The highest BCUT2D eigenvalue weighted by Gasteiger charge is 2.32. The maximum absolute atomic E-state index is 12.9. The molecule has 3 rings (SSSR count). The van der Waals surface area contributed by atoms with Gasteiger partial charge in [0.15, 0.2) is 11.1 Å². The Labute approximate surface area is 190 Å². The third-order valence-corrected chi connectivity index (χ3v) is 5.15. The van der Waals surface area contributed by atoms with Gasteiger partial charge in [0, 0.05) is 6.20 Å². The zero-order valence-corrected chi connectivity index (χ0v) is 18.6. The van der Waals surface area contributed by atoms with Crippen LogP contribution in [0.15, 0.2) is 59.9 Å². The molecule has 0 fully saturated rings. The molecule has 1 amide bonds. The van der Waals surface area contributed by atoms with E-state index in [-0.39, 0.29) is 33.1 Å². The van der Waals surface area contributed by atoms with Crippen molar-refractivity contribution >= 4 is 22.7 Å². The molecule has 1 atom stereocenters. The predicted molar refractivity (Wildman–Crippen MR) is 116 cm³/mol. The van der Waals surface area contributed by atoms with Gasteiger partial charge in [-0.3, -0.25) is 9.78 Å². The van der Waals surface area contributed by atoms with Gasteiger partial charge in [-0.15, -0.1) is 0 Å². The van der Waals surface area contributed by atoms with E-state index in [0.717, 1.165) is 23.9 Å². The molecule has 0 spiro atoms. The van der Waals surface area contributed by atoms with Crippen molar-refractivity contribution in [3.8, 4) is 11.5 Å². The summed E-state index contributed by atoms with van der Waals surface area (Å²) < 4.78 is 64.6. The van der Waals surface area contributed by atoms with Gasteiger partial charge in [-0.1, -0.05) is 26.8 Å². The van der Waals surface area contributed by atoms with E-state index < -0.39 is 28.9 Å². The quantitative estimate of drug-likeness (QED) is 0.474. The zero-order valence-electron chi connectivity index (χ0n) is 17.8. The average Bonchev–Trinajstić information content (AvgIpc) is 2.73. The van der Waals surface area contributed by atoms with Gasteiger partial charge in [-0.2, -0.15) is 13.2 Å². The molecule has 33 heavy (non-hydrogen) atoms. The molecule has 0 saturated carbocycles. The summed E-state index contributed by atoms with van der Waals surface area (Å²) in [5, 5.41) is 2.58. The zero-order chi connectivity index (χ0) is 24.4. The van der Waals surface area contributed by atoms with Crippen LogP contribution in [0, 0.1) is 0 Å². The average molecular weight is 479 g/mol. The van der Waals surface area contributed by atoms with E-state index >= 15 is 0 Å². The molecule has 2 heterocycles. The third-order valence-electron chi connectivity index (χ3n) is 4.52. The fourth-order valence-corrected chi connectivity index (χ4v) is 3.16. The van der Waals surface area contributed by atoms with Crippen LogP contribution in [0.5, 0.6) is 11.5 Å². The minimum Gasteiger partial charge on any atom is -0.455 e. The highest BCUT2D eigenvalue weighted by molar-refractivity contribution is 7.79. The van der Waals surface area contributed by atoms with Crippen molar-refractivity contribution in [1.29, 1.82) is 0 Å². The van der Waals surface area contributed by atoms with E-state index in [1.54, 1.807) is 12.1 Å². The molecule has 7 nitrogen and oxygen atoms in total. The molecular weight excluding hydrogens is 459 g/mol. The number of ether oxygens (including phenoxy) is 1. The van der Waals surface area contributed by atoms with Crippen molar-refractivity contribution in [1.82, 2.24) is 9.97 Å². The van der Waals surface area contributed by atoms with Gasteiger partial charge in [0.2, 0.25) is 0 Å². The Balaban J connectivity index is 1.95. The van der Waals surface area contributed by atoms with Crippen LogP contribution in [0.2, 0.25) is 0 Å². The molecule has 174 valence electrons. The lowest BCUT2D eigenvalue weighted by Crippen LogP contribution is -2.16. The number of aromatic nitrogens is 2. The maximum atomic E-state index is 12.9. The van der Waals surface area contributed by atoms with Crippen LogP contribution in [0.4, 0.5) is 18.9 Å². The molecule has 0 aliphatic heterocycles. The second-order valence-corrected chi connectivity index (χ2v) is 9.02. The summed E-state index contributed by atoms with van der Waals surface area (Å²) in [4.78, 5) is 20.1. The van der Waals surface area contributed by atoms with Crippen molar-refractivity contribution in [2.45, 2.75) is 37.3 Å². The minimum atomic E-state index is -4.59. The lowest BCUT2D eigenvalue weighted by Gasteiger charge is -2.21.